The van der Waals surface area contributed by atoms with E-state index in [0.29, 0.717) is 23.3 Å². The molecule has 1 unspecified atom stereocenters. The maximum atomic E-state index is 15.4. The topological polar surface area (TPSA) is 71.0 Å². The van der Waals surface area contributed by atoms with Crippen LogP contribution in [-0.2, 0) is 0 Å². The third-order valence-electron chi connectivity index (χ3n) is 6.32. The first-order valence-corrected chi connectivity index (χ1v) is 11.6. The standard InChI is InChI=1S/C28H23F2N5O/c1-2-3-10-35-11-6-7-24(35)21-13-18(12-20-16-31-17-33-27(20)21)26-22(29)14-19(15-23(26)30)28(36)34-25-8-4-5-9-32-25/h4-5,8-9,12-17,24H,6-7,10-11H2,1H3,(H,32,34,36). The molecule has 0 aliphatic carbocycles. The highest BCUT2D eigenvalue weighted by molar-refractivity contribution is 6.04. The zero-order chi connectivity index (χ0) is 25.1. The number of benzene rings is 2. The molecule has 1 saturated heterocycles. The summed E-state index contributed by atoms with van der Waals surface area (Å²) in [6, 6.07) is 10.6. The smallest absolute Gasteiger partial charge is 0.257 e. The van der Waals surface area contributed by atoms with Crippen LogP contribution in [0.15, 0.2) is 61.2 Å². The van der Waals surface area contributed by atoms with Gasteiger partial charge in [0.1, 0.15) is 23.8 Å². The van der Waals surface area contributed by atoms with Crippen LogP contribution in [0.25, 0.3) is 22.0 Å². The molecule has 1 N–H and O–H groups in total. The predicted octanol–water partition coefficient (Wildman–Crippen LogP) is 5.38. The Morgan fingerprint density at radius 2 is 2.00 bits per heavy atom. The van der Waals surface area contributed by atoms with E-state index in [2.05, 4.69) is 37.0 Å². The molecule has 1 fully saturated rings. The average Bonchev–Trinajstić information content (AvgIpc) is 3.35. The number of halogens is 2. The zero-order valence-electron chi connectivity index (χ0n) is 19.6. The number of hydrogen-bond donors (Lipinski definition) is 1. The summed E-state index contributed by atoms with van der Waals surface area (Å²) in [6.45, 7) is 3.31. The number of carbonyl (C=O) groups excluding carboxylic acids is 1. The second-order valence-electron chi connectivity index (χ2n) is 8.57. The number of likely N-dealkylation sites (tertiary alicyclic amines) is 1. The largest absolute Gasteiger partial charge is 0.307 e. The number of anilines is 1. The van der Waals surface area contributed by atoms with Gasteiger partial charge in [-0.3, -0.25) is 9.69 Å². The highest BCUT2D eigenvalue weighted by Crippen LogP contribution is 2.38. The lowest BCUT2D eigenvalue weighted by atomic mass is 9.94. The van der Waals surface area contributed by atoms with E-state index in [-0.39, 0.29) is 17.2 Å². The van der Waals surface area contributed by atoms with Crippen LogP contribution in [0.1, 0.15) is 41.7 Å². The van der Waals surface area contributed by atoms with Crippen LogP contribution in [0.3, 0.4) is 0 Å². The van der Waals surface area contributed by atoms with E-state index in [0.717, 1.165) is 42.6 Å². The Morgan fingerprint density at radius 1 is 1.17 bits per heavy atom. The van der Waals surface area contributed by atoms with Gasteiger partial charge in [0.25, 0.3) is 5.91 Å². The Bertz CT molecular complexity index is 1470. The van der Waals surface area contributed by atoms with E-state index in [1.165, 1.54) is 12.5 Å². The van der Waals surface area contributed by atoms with E-state index in [1.54, 1.807) is 43.5 Å². The van der Waals surface area contributed by atoms with Crippen molar-refractivity contribution in [1.29, 1.82) is 0 Å². The number of hydrogen-bond acceptors (Lipinski definition) is 5. The monoisotopic (exact) mass is 483 g/mol. The minimum absolute atomic E-state index is 0.0257. The van der Waals surface area contributed by atoms with Crippen LogP contribution >= 0.6 is 0 Å². The van der Waals surface area contributed by atoms with E-state index < -0.39 is 17.5 Å². The molecule has 4 aromatic rings. The molecule has 3 heterocycles. The number of nitrogens with zero attached hydrogens (tertiary/aromatic N) is 4. The maximum absolute atomic E-state index is 15.4. The fourth-order valence-electron chi connectivity index (χ4n) is 4.68. The van der Waals surface area contributed by atoms with E-state index in [4.69, 9.17) is 0 Å². The van der Waals surface area contributed by atoms with Crippen LogP contribution in [0.2, 0.25) is 0 Å². The van der Waals surface area contributed by atoms with Gasteiger partial charge in [0.2, 0.25) is 0 Å². The van der Waals surface area contributed by atoms with Crippen molar-refractivity contribution >= 4 is 22.6 Å². The van der Waals surface area contributed by atoms with Crippen LogP contribution in [0.4, 0.5) is 14.6 Å². The maximum Gasteiger partial charge on any atom is 0.257 e. The number of pyridine rings is 1. The van der Waals surface area contributed by atoms with Gasteiger partial charge in [-0.1, -0.05) is 12.0 Å². The summed E-state index contributed by atoms with van der Waals surface area (Å²) in [6.07, 6.45) is 6.53. The molecular formula is C28H23F2N5O. The lowest BCUT2D eigenvalue weighted by Gasteiger charge is -2.24. The van der Waals surface area contributed by atoms with Gasteiger partial charge >= 0.3 is 0 Å². The van der Waals surface area contributed by atoms with Crippen molar-refractivity contribution in [2.45, 2.75) is 25.8 Å². The normalized spacial score (nSPS) is 15.5. The van der Waals surface area contributed by atoms with Gasteiger partial charge in [-0.2, -0.15) is 0 Å². The number of rotatable bonds is 5. The highest BCUT2D eigenvalue weighted by Gasteiger charge is 2.28. The summed E-state index contributed by atoms with van der Waals surface area (Å²) in [7, 11) is 0. The highest BCUT2D eigenvalue weighted by atomic mass is 19.1. The van der Waals surface area contributed by atoms with Crippen LogP contribution < -0.4 is 5.32 Å². The summed E-state index contributed by atoms with van der Waals surface area (Å²) in [5.74, 6) is 4.03. The molecule has 8 heteroatoms. The van der Waals surface area contributed by atoms with Gasteiger partial charge in [0.05, 0.1) is 17.6 Å². The molecule has 1 atom stereocenters. The summed E-state index contributed by atoms with van der Waals surface area (Å²) in [5, 5.41) is 3.24. The second-order valence-corrected chi connectivity index (χ2v) is 8.57. The summed E-state index contributed by atoms with van der Waals surface area (Å²) >= 11 is 0. The van der Waals surface area contributed by atoms with Gasteiger partial charge in [0.15, 0.2) is 0 Å². The Kier molecular flexibility index (Phi) is 6.65. The van der Waals surface area contributed by atoms with Crippen LogP contribution in [0, 0.1) is 23.5 Å². The number of fused-ring (bicyclic) bond motifs is 1. The summed E-state index contributed by atoms with van der Waals surface area (Å²) < 4.78 is 30.7. The van der Waals surface area contributed by atoms with Crippen molar-refractivity contribution in [3.8, 4) is 23.0 Å². The molecule has 0 radical (unpaired) electrons. The minimum atomic E-state index is -0.830. The van der Waals surface area contributed by atoms with Crippen molar-refractivity contribution in [3.05, 3.63) is 83.9 Å². The lowest BCUT2D eigenvalue weighted by Crippen LogP contribution is -2.24. The van der Waals surface area contributed by atoms with Gasteiger partial charge in [-0.25, -0.2) is 23.7 Å². The number of amides is 1. The third-order valence-corrected chi connectivity index (χ3v) is 6.32. The predicted molar refractivity (Wildman–Crippen MR) is 134 cm³/mol. The van der Waals surface area contributed by atoms with Crippen molar-refractivity contribution < 1.29 is 13.6 Å². The first-order chi connectivity index (χ1) is 17.5. The minimum Gasteiger partial charge on any atom is -0.307 e. The zero-order valence-corrected chi connectivity index (χ0v) is 19.6. The SMILES string of the molecule is CC#CCN1CCCC1c1cc(-c2c(F)cc(C(=O)Nc3ccccn3)cc2F)cc2cncnc12. The van der Waals surface area contributed by atoms with Crippen molar-refractivity contribution in [2.75, 3.05) is 18.4 Å². The number of nitrogens with one attached hydrogen (secondary N) is 1. The Hall–Kier alpha value is -4.22. The van der Waals surface area contributed by atoms with Gasteiger partial charge in [-0.05, 0) is 73.8 Å². The fraction of sp³-hybridized carbons (Fsp3) is 0.214. The molecule has 6 nitrogen and oxygen atoms in total. The molecule has 1 amide bonds. The van der Waals surface area contributed by atoms with E-state index >= 15 is 8.78 Å². The van der Waals surface area contributed by atoms with Gasteiger partial charge in [0, 0.05) is 29.4 Å². The quantitative estimate of drug-likeness (QED) is 0.386. The second kappa shape index (κ2) is 10.2. The van der Waals surface area contributed by atoms with E-state index in [1.807, 2.05) is 0 Å². The molecule has 0 bridgehead atoms. The Balaban J connectivity index is 1.55. The molecule has 5 rings (SSSR count). The van der Waals surface area contributed by atoms with Gasteiger partial charge in [-0.15, -0.1) is 5.92 Å². The molecule has 2 aromatic carbocycles. The third kappa shape index (κ3) is 4.66. The molecule has 1 aliphatic heterocycles. The van der Waals surface area contributed by atoms with Crippen LogP contribution in [-0.4, -0.2) is 38.8 Å². The van der Waals surface area contributed by atoms with E-state index in [9.17, 15) is 4.79 Å². The summed E-state index contributed by atoms with van der Waals surface area (Å²) in [4.78, 5) is 27.4. The molecule has 2 aromatic heterocycles. The first-order valence-electron chi connectivity index (χ1n) is 11.6. The first kappa shape index (κ1) is 23.5. The molecule has 180 valence electrons. The fourth-order valence-corrected chi connectivity index (χ4v) is 4.68. The average molecular weight is 484 g/mol. The van der Waals surface area contributed by atoms with Crippen molar-refractivity contribution in [3.63, 3.8) is 0 Å². The molecule has 0 saturated carbocycles. The molecule has 1 aliphatic rings. The van der Waals surface area contributed by atoms with Crippen molar-refractivity contribution in [2.24, 2.45) is 0 Å². The number of aromatic nitrogens is 3. The Morgan fingerprint density at radius 3 is 2.75 bits per heavy atom. The lowest BCUT2D eigenvalue weighted by molar-refractivity contribution is 0.102. The molecule has 0 spiro atoms. The number of carbonyl (C=O) groups is 1. The Labute approximate surface area is 207 Å². The van der Waals surface area contributed by atoms with Crippen molar-refractivity contribution in [1.82, 2.24) is 19.9 Å². The van der Waals surface area contributed by atoms with Crippen LogP contribution in [0.5, 0.6) is 0 Å². The summed E-state index contributed by atoms with van der Waals surface area (Å²) in [5.41, 5.74) is 1.67. The molecule has 36 heavy (non-hydrogen) atoms. The molecular weight excluding hydrogens is 460 g/mol. The van der Waals surface area contributed by atoms with Gasteiger partial charge < -0.3 is 5.32 Å².